The second-order valence-corrected chi connectivity index (χ2v) is 4.35. The molecule has 0 unspecified atom stereocenters. The van der Waals surface area contributed by atoms with Crippen molar-refractivity contribution in [1.82, 2.24) is 4.98 Å². The molecule has 1 N–H and O–H groups in total. The molecule has 1 aromatic carbocycles. The monoisotopic (exact) mass is 240 g/mol. The van der Waals surface area contributed by atoms with Gasteiger partial charge in [-0.3, -0.25) is 4.98 Å². The van der Waals surface area contributed by atoms with Gasteiger partial charge in [0.05, 0.1) is 12.3 Å². The molecule has 0 amide bonds. The molecule has 18 heavy (non-hydrogen) atoms. The predicted molar refractivity (Wildman–Crippen MR) is 73.0 cm³/mol. The third-order valence-corrected chi connectivity index (χ3v) is 3.13. The molecule has 0 aliphatic carbocycles. The number of fused-ring (bicyclic) bond motifs is 1. The molecule has 2 heterocycles. The first-order chi connectivity index (χ1) is 8.88. The Morgan fingerprint density at radius 3 is 3.17 bits per heavy atom. The highest BCUT2D eigenvalue weighted by Crippen LogP contribution is 2.36. The molecule has 0 saturated carbocycles. The van der Waals surface area contributed by atoms with E-state index in [9.17, 15) is 0 Å². The SMILES string of the molecule is CCNc1ccnc(-c2cccc3c2OCC3)c1. The molecule has 0 fully saturated rings. The van der Waals surface area contributed by atoms with E-state index in [1.54, 1.807) is 0 Å². The average molecular weight is 240 g/mol. The highest BCUT2D eigenvalue weighted by molar-refractivity contribution is 5.72. The number of hydrogen-bond acceptors (Lipinski definition) is 3. The maximum absolute atomic E-state index is 5.72. The van der Waals surface area contributed by atoms with Crippen molar-refractivity contribution in [2.24, 2.45) is 0 Å². The van der Waals surface area contributed by atoms with Crippen LogP contribution in [0.15, 0.2) is 36.5 Å². The Morgan fingerprint density at radius 2 is 2.28 bits per heavy atom. The third-order valence-electron chi connectivity index (χ3n) is 3.13. The summed E-state index contributed by atoms with van der Waals surface area (Å²) in [6.07, 6.45) is 2.83. The van der Waals surface area contributed by atoms with E-state index >= 15 is 0 Å². The lowest BCUT2D eigenvalue weighted by molar-refractivity contribution is 0.358. The molecule has 1 aliphatic rings. The van der Waals surface area contributed by atoms with Gasteiger partial charge in [0.1, 0.15) is 5.75 Å². The Morgan fingerprint density at radius 1 is 1.33 bits per heavy atom. The van der Waals surface area contributed by atoms with Crippen LogP contribution in [-0.4, -0.2) is 18.1 Å². The normalized spacial score (nSPS) is 12.9. The maximum Gasteiger partial charge on any atom is 0.132 e. The van der Waals surface area contributed by atoms with Crippen LogP contribution in [0.2, 0.25) is 0 Å². The van der Waals surface area contributed by atoms with Crippen LogP contribution in [0.5, 0.6) is 5.75 Å². The molecule has 0 saturated heterocycles. The Balaban J connectivity index is 2.05. The number of pyridine rings is 1. The summed E-state index contributed by atoms with van der Waals surface area (Å²) in [5.41, 5.74) is 4.43. The highest BCUT2D eigenvalue weighted by Gasteiger charge is 2.17. The molecule has 1 aliphatic heterocycles. The Hall–Kier alpha value is -2.03. The van der Waals surface area contributed by atoms with E-state index in [1.165, 1.54) is 5.56 Å². The fraction of sp³-hybridized carbons (Fsp3) is 0.267. The second kappa shape index (κ2) is 4.69. The molecular formula is C15H16N2O. The van der Waals surface area contributed by atoms with Gasteiger partial charge in [-0.15, -0.1) is 0 Å². The van der Waals surface area contributed by atoms with Crippen molar-refractivity contribution in [1.29, 1.82) is 0 Å². The number of nitrogens with one attached hydrogen (secondary N) is 1. The van der Waals surface area contributed by atoms with E-state index in [-0.39, 0.29) is 0 Å². The third kappa shape index (κ3) is 1.92. The largest absolute Gasteiger partial charge is 0.492 e. The van der Waals surface area contributed by atoms with Crippen molar-refractivity contribution in [3.63, 3.8) is 0 Å². The lowest BCUT2D eigenvalue weighted by Crippen LogP contribution is -1.97. The zero-order valence-corrected chi connectivity index (χ0v) is 10.4. The Bertz CT molecular complexity index is 566. The number of anilines is 1. The van der Waals surface area contributed by atoms with Crippen LogP contribution < -0.4 is 10.1 Å². The van der Waals surface area contributed by atoms with Gasteiger partial charge in [0.25, 0.3) is 0 Å². The Labute approximate surface area is 107 Å². The molecule has 3 rings (SSSR count). The first-order valence-corrected chi connectivity index (χ1v) is 6.33. The predicted octanol–water partition coefficient (Wildman–Crippen LogP) is 3.12. The molecule has 2 aromatic rings. The van der Waals surface area contributed by atoms with Crippen LogP contribution in [0.3, 0.4) is 0 Å². The summed E-state index contributed by atoms with van der Waals surface area (Å²) < 4.78 is 5.72. The van der Waals surface area contributed by atoms with Gasteiger partial charge in [0.2, 0.25) is 0 Å². The van der Waals surface area contributed by atoms with Gasteiger partial charge in [-0.2, -0.15) is 0 Å². The number of benzene rings is 1. The average Bonchev–Trinajstić information content (AvgIpc) is 2.87. The van der Waals surface area contributed by atoms with Crippen LogP contribution in [0.4, 0.5) is 5.69 Å². The minimum absolute atomic E-state index is 0.777. The molecule has 3 heteroatoms. The lowest BCUT2D eigenvalue weighted by Gasteiger charge is -2.09. The molecule has 0 bridgehead atoms. The fourth-order valence-electron chi connectivity index (χ4n) is 2.31. The van der Waals surface area contributed by atoms with E-state index in [1.807, 2.05) is 12.3 Å². The first kappa shape index (κ1) is 11.1. The van der Waals surface area contributed by atoms with Crippen molar-refractivity contribution in [3.05, 3.63) is 42.1 Å². The van der Waals surface area contributed by atoms with E-state index in [2.05, 4.69) is 41.5 Å². The number of ether oxygens (including phenoxy) is 1. The van der Waals surface area contributed by atoms with Crippen LogP contribution in [-0.2, 0) is 6.42 Å². The number of para-hydroxylation sites is 1. The quantitative estimate of drug-likeness (QED) is 0.895. The van der Waals surface area contributed by atoms with Gasteiger partial charge >= 0.3 is 0 Å². The molecule has 3 nitrogen and oxygen atoms in total. The van der Waals surface area contributed by atoms with Gasteiger partial charge in [-0.05, 0) is 30.7 Å². The van der Waals surface area contributed by atoms with E-state index in [0.29, 0.717) is 0 Å². The minimum atomic E-state index is 0.777. The van der Waals surface area contributed by atoms with Gasteiger partial charge in [0, 0.05) is 30.4 Å². The number of nitrogens with zero attached hydrogens (tertiary/aromatic N) is 1. The number of hydrogen-bond donors (Lipinski definition) is 1. The van der Waals surface area contributed by atoms with Crippen molar-refractivity contribution in [2.75, 3.05) is 18.5 Å². The van der Waals surface area contributed by atoms with Crippen molar-refractivity contribution in [2.45, 2.75) is 13.3 Å². The Kier molecular flexibility index (Phi) is 2.89. The molecule has 92 valence electrons. The smallest absolute Gasteiger partial charge is 0.132 e. The highest BCUT2D eigenvalue weighted by atomic mass is 16.5. The maximum atomic E-state index is 5.72. The van der Waals surface area contributed by atoms with Crippen molar-refractivity contribution < 1.29 is 4.74 Å². The van der Waals surface area contributed by atoms with Crippen molar-refractivity contribution in [3.8, 4) is 17.0 Å². The van der Waals surface area contributed by atoms with Crippen LogP contribution in [0.1, 0.15) is 12.5 Å². The van der Waals surface area contributed by atoms with Crippen molar-refractivity contribution >= 4 is 5.69 Å². The summed E-state index contributed by atoms with van der Waals surface area (Å²) >= 11 is 0. The van der Waals surface area contributed by atoms with Crippen LogP contribution >= 0.6 is 0 Å². The van der Waals surface area contributed by atoms with Gasteiger partial charge < -0.3 is 10.1 Å². The minimum Gasteiger partial charge on any atom is -0.492 e. The van der Waals surface area contributed by atoms with Gasteiger partial charge in [0.15, 0.2) is 0 Å². The molecule has 0 atom stereocenters. The zero-order valence-electron chi connectivity index (χ0n) is 10.4. The number of rotatable bonds is 3. The lowest BCUT2D eigenvalue weighted by atomic mass is 10.0. The number of aromatic nitrogens is 1. The van der Waals surface area contributed by atoms with Crippen LogP contribution in [0.25, 0.3) is 11.3 Å². The molecule has 0 radical (unpaired) electrons. The summed E-state index contributed by atoms with van der Waals surface area (Å²) in [7, 11) is 0. The topological polar surface area (TPSA) is 34.2 Å². The standard InChI is InChI=1S/C15H16N2O/c1-2-16-12-6-8-17-14(10-12)13-5-3-4-11-7-9-18-15(11)13/h3-6,8,10H,2,7,9H2,1H3,(H,16,17). The zero-order chi connectivity index (χ0) is 12.4. The second-order valence-electron chi connectivity index (χ2n) is 4.35. The van der Waals surface area contributed by atoms with Crippen LogP contribution in [0, 0.1) is 0 Å². The summed E-state index contributed by atoms with van der Waals surface area (Å²) in [4.78, 5) is 4.45. The van der Waals surface area contributed by atoms with E-state index in [4.69, 9.17) is 4.74 Å². The molecular weight excluding hydrogens is 224 g/mol. The molecule has 0 spiro atoms. The van der Waals surface area contributed by atoms with Gasteiger partial charge in [-0.1, -0.05) is 12.1 Å². The van der Waals surface area contributed by atoms with E-state index in [0.717, 1.165) is 42.3 Å². The van der Waals surface area contributed by atoms with Gasteiger partial charge in [-0.25, -0.2) is 0 Å². The first-order valence-electron chi connectivity index (χ1n) is 6.33. The summed E-state index contributed by atoms with van der Waals surface area (Å²) in [5, 5.41) is 3.30. The fourth-order valence-corrected chi connectivity index (χ4v) is 2.31. The summed E-state index contributed by atoms with van der Waals surface area (Å²) in [5.74, 6) is 0.999. The summed E-state index contributed by atoms with van der Waals surface area (Å²) in [6, 6.07) is 10.3. The molecule has 1 aromatic heterocycles. The van der Waals surface area contributed by atoms with E-state index < -0.39 is 0 Å². The summed E-state index contributed by atoms with van der Waals surface area (Å²) in [6.45, 7) is 3.77.